The van der Waals surface area contributed by atoms with Crippen LogP contribution in [-0.4, -0.2) is 23.6 Å². The van der Waals surface area contributed by atoms with Crippen LogP contribution in [0.2, 0.25) is 10.0 Å². The SMILES string of the molecule is Cc1ccc(Cl)cc1NC(=O)COC(=O)c1c(-c2c(F)cccc2Cl)noc1C. The van der Waals surface area contributed by atoms with Crippen LogP contribution in [0.15, 0.2) is 40.9 Å². The molecule has 0 fully saturated rings. The van der Waals surface area contributed by atoms with Crippen LogP contribution >= 0.6 is 23.2 Å². The van der Waals surface area contributed by atoms with Gasteiger partial charge in [0.1, 0.15) is 22.8 Å². The second-order valence-corrected chi connectivity index (χ2v) is 6.99. The van der Waals surface area contributed by atoms with Crippen molar-refractivity contribution in [2.75, 3.05) is 11.9 Å². The van der Waals surface area contributed by atoms with Crippen LogP contribution in [0.3, 0.4) is 0 Å². The zero-order valence-electron chi connectivity index (χ0n) is 15.4. The maximum absolute atomic E-state index is 14.2. The number of halogens is 3. The summed E-state index contributed by atoms with van der Waals surface area (Å²) < 4.78 is 24.3. The predicted molar refractivity (Wildman–Crippen MR) is 107 cm³/mol. The Balaban J connectivity index is 1.76. The third kappa shape index (κ3) is 4.58. The maximum atomic E-state index is 14.2. The van der Waals surface area contributed by atoms with Gasteiger partial charge in [-0.3, -0.25) is 4.79 Å². The van der Waals surface area contributed by atoms with Gasteiger partial charge in [0.15, 0.2) is 6.61 Å². The number of aromatic nitrogens is 1. The molecular formula is C20H15Cl2FN2O4. The Morgan fingerprint density at radius 2 is 1.97 bits per heavy atom. The third-order valence-corrected chi connectivity index (χ3v) is 4.62. The van der Waals surface area contributed by atoms with E-state index in [-0.39, 0.29) is 27.6 Å². The number of ether oxygens (including phenoxy) is 1. The smallest absolute Gasteiger partial charge is 0.344 e. The van der Waals surface area contributed by atoms with Gasteiger partial charge < -0.3 is 14.6 Å². The number of benzene rings is 2. The quantitative estimate of drug-likeness (QED) is 0.555. The van der Waals surface area contributed by atoms with Crippen LogP contribution < -0.4 is 5.32 Å². The van der Waals surface area contributed by atoms with Crippen molar-refractivity contribution in [3.8, 4) is 11.3 Å². The van der Waals surface area contributed by atoms with Crippen LogP contribution in [-0.2, 0) is 9.53 Å². The monoisotopic (exact) mass is 436 g/mol. The summed E-state index contributed by atoms with van der Waals surface area (Å²) in [7, 11) is 0. The summed E-state index contributed by atoms with van der Waals surface area (Å²) in [6.45, 7) is 2.69. The number of rotatable bonds is 5. The fourth-order valence-electron chi connectivity index (χ4n) is 2.63. The number of nitrogens with one attached hydrogen (secondary N) is 1. The third-order valence-electron chi connectivity index (χ3n) is 4.07. The van der Waals surface area contributed by atoms with Gasteiger partial charge in [0.25, 0.3) is 5.91 Å². The van der Waals surface area contributed by atoms with Crippen LogP contribution in [0.5, 0.6) is 0 Å². The largest absolute Gasteiger partial charge is 0.452 e. The van der Waals surface area contributed by atoms with Gasteiger partial charge in [-0.15, -0.1) is 0 Å². The highest BCUT2D eigenvalue weighted by Crippen LogP contribution is 2.33. The van der Waals surface area contributed by atoms with Gasteiger partial charge in [-0.25, -0.2) is 9.18 Å². The minimum atomic E-state index is -0.893. The zero-order chi connectivity index (χ0) is 21.1. The lowest BCUT2D eigenvalue weighted by molar-refractivity contribution is -0.119. The molecule has 0 spiro atoms. The number of aryl methyl sites for hydroxylation is 2. The highest BCUT2D eigenvalue weighted by atomic mass is 35.5. The standard InChI is InChI=1S/C20H15Cl2FN2O4/c1-10-6-7-12(21)8-15(10)24-16(26)9-28-20(27)17-11(2)29-25-19(17)18-13(22)4-3-5-14(18)23/h3-8H,9H2,1-2H3,(H,24,26). The average Bonchev–Trinajstić information content (AvgIpc) is 3.04. The van der Waals surface area contributed by atoms with E-state index in [2.05, 4.69) is 10.5 Å². The molecule has 1 aromatic heterocycles. The number of carbonyl (C=O) groups is 2. The summed E-state index contributed by atoms with van der Waals surface area (Å²) >= 11 is 12.0. The molecule has 2 aromatic carbocycles. The number of esters is 1. The first-order valence-electron chi connectivity index (χ1n) is 8.41. The lowest BCUT2D eigenvalue weighted by Gasteiger charge is -2.10. The molecular weight excluding hydrogens is 422 g/mol. The van der Waals surface area contributed by atoms with Crippen LogP contribution in [0, 0.1) is 19.7 Å². The normalized spacial score (nSPS) is 10.7. The van der Waals surface area contributed by atoms with Gasteiger partial charge in [0.2, 0.25) is 0 Å². The molecule has 6 nitrogen and oxygen atoms in total. The number of nitrogens with zero attached hydrogens (tertiary/aromatic N) is 1. The molecule has 0 aliphatic carbocycles. The molecule has 0 unspecified atom stereocenters. The zero-order valence-corrected chi connectivity index (χ0v) is 16.9. The van der Waals surface area contributed by atoms with Gasteiger partial charge >= 0.3 is 5.97 Å². The summed E-state index contributed by atoms with van der Waals surface area (Å²) in [5, 5.41) is 6.85. The Morgan fingerprint density at radius 1 is 1.21 bits per heavy atom. The van der Waals surface area contributed by atoms with Crippen LogP contribution in [0.1, 0.15) is 21.7 Å². The highest BCUT2D eigenvalue weighted by Gasteiger charge is 2.27. The van der Waals surface area contributed by atoms with E-state index in [9.17, 15) is 14.0 Å². The Kier molecular flexibility index (Phi) is 6.20. The van der Waals surface area contributed by atoms with E-state index in [1.165, 1.54) is 25.1 Å². The minimum Gasteiger partial charge on any atom is -0.452 e. The van der Waals surface area contributed by atoms with E-state index < -0.39 is 24.3 Å². The fraction of sp³-hybridized carbons (Fsp3) is 0.150. The molecule has 0 bridgehead atoms. The Bertz CT molecular complexity index is 1080. The van der Waals surface area contributed by atoms with Gasteiger partial charge in [0, 0.05) is 10.7 Å². The summed E-state index contributed by atoms with van der Waals surface area (Å²) in [5.74, 6) is -2.02. The van der Waals surface area contributed by atoms with Crippen LogP contribution in [0.25, 0.3) is 11.3 Å². The predicted octanol–water partition coefficient (Wildman–Crippen LogP) is 5.20. The van der Waals surface area contributed by atoms with E-state index in [0.717, 1.165) is 5.56 Å². The van der Waals surface area contributed by atoms with Crippen molar-refractivity contribution in [2.24, 2.45) is 0 Å². The molecule has 0 aliphatic heterocycles. The van der Waals surface area contributed by atoms with Crippen molar-refractivity contribution in [3.05, 3.63) is 69.1 Å². The summed E-state index contributed by atoms with van der Waals surface area (Å²) in [5.41, 5.74) is 1.00. The van der Waals surface area contributed by atoms with E-state index in [1.807, 2.05) is 0 Å². The van der Waals surface area contributed by atoms with Gasteiger partial charge in [-0.2, -0.15) is 0 Å². The van der Waals surface area contributed by atoms with Crippen molar-refractivity contribution in [3.63, 3.8) is 0 Å². The Morgan fingerprint density at radius 3 is 2.69 bits per heavy atom. The van der Waals surface area contributed by atoms with E-state index in [0.29, 0.717) is 10.7 Å². The molecule has 3 aromatic rings. The highest BCUT2D eigenvalue weighted by molar-refractivity contribution is 6.33. The number of hydrogen-bond acceptors (Lipinski definition) is 5. The molecule has 0 aliphatic rings. The van der Waals surface area contributed by atoms with Crippen molar-refractivity contribution in [1.82, 2.24) is 5.16 Å². The second-order valence-electron chi connectivity index (χ2n) is 6.14. The van der Waals surface area contributed by atoms with Crippen molar-refractivity contribution in [1.29, 1.82) is 0 Å². The first-order chi connectivity index (χ1) is 13.8. The summed E-state index contributed by atoms with van der Waals surface area (Å²) in [6.07, 6.45) is 0. The van der Waals surface area contributed by atoms with Crippen LogP contribution in [0.4, 0.5) is 10.1 Å². The van der Waals surface area contributed by atoms with Crippen molar-refractivity contribution >= 4 is 40.8 Å². The maximum Gasteiger partial charge on any atom is 0.344 e. The van der Waals surface area contributed by atoms with E-state index >= 15 is 0 Å². The molecule has 0 saturated heterocycles. The number of anilines is 1. The Labute approximate surface area is 175 Å². The molecule has 1 N–H and O–H groups in total. The molecule has 29 heavy (non-hydrogen) atoms. The first-order valence-corrected chi connectivity index (χ1v) is 9.17. The van der Waals surface area contributed by atoms with E-state index in [4.69, 9.17) is 32.5 Å². The lowest BCUT2D eigenvalue weighted by atomic mass is 10.1. The average molecular weight is 437 g/mol. The first kappa shape index (κ1) is 20.8. The second kappa shape index (κ2) is 8.63. The fourth-order valence-corrected chi connectivity index (χ4v) is 3.05. The summed E-state index contributed by atoms with van der Waals surface area (Å²) in [4.78, 5) is 24.7. The Hall–Kier alpha value is -2.90. The number of carbonyl (C=O) groups excluding carboxylic acids is 2. The molecule has 0 saturated carbocycles. The number of hydrogen-bond donors (Lipinski definition) is 1. The summed E-state index contributed by atoms with van der Waals surface area (Å²) in [6, 6.07) is 9.08. The molecule has 0 atom stereocenters. The molecule has 1 amide bonds. The van der Waals surface area contributed by atoms with Crippen molar-refractivity contribution in [2.45, 2.75) is 13.8 Å². The van der Waals surface area contributed by atoms with Gasteiger partial charge in [-0.1, -0.05) is 40.5 Å². The minimum absolute atomic E-state index is 0.0570. The molecule has 150 valence electrons. The van der Waals surface area contributed by atoms with Gasteiger partial charge in [-0.05, 0) is 43.7 Å². The lowest BCUT2D eigenvalue weighted by Crippen LogP contribution is -2.21. The molecule has 3 rings (SSSR count). The number of amides is 1. The van der Waals surface area contributed by atoms with Crippen molar-refractivity contribution < 1.29 is 23.2 Å². The molecule has 1 heterocycles. The topological polar surface area (TPSA) is 81.4 Å². The molecule has 9 heteroatoms. The van der Waals surface area contributed by atoms with E-state index in [1.54, 1.807) is 25.1 Å². The molecule has 0 radical (unpaired) electrons. The van der Waals surface area contributed by atoms with Gasteiger partial charge in [0.05, 0.1) is 10.6 Å².